The van der Waals surface area contributed by atoms with Crippen molar-refractivity contribution in [3.63, 3.8) is 0 Å². The molecule has 1 aliphatic heterocycles. The minimum absolute atomic E-state index is 0.279. The molecule has 0 aromatic heterocycles. The maximum atomic E-state index is 11.8. The summed E-state index contributed by atoms with van der Waals surface area (Å²) < 4.78 is 11.4. The van der Waals surface area contributed by atoms with Gasteiger partial charge in [0.1, 0.15) is 24.6 Å². The highest BCUT2D eigenvalue weighted by atomic mass is 16.6. The smallest absolute Gasteiger partial charge is 0.370 e. The summed E-state index contributed by atoms with van der Waals surface area (Å²) in [7, 11) is 0. The first-order valence-corrected chi connectivity index (χ1v) is 10.8. The largest absolute Gasteiger partial charge is 0.478 e. The van der Waals surface area contributed by atoms with Gasteiger partial charge in [0.25, 0.3) is 0 Å². The topological polar surface area (TPSA) is 189 Å². The number of rotatable bonds is 15. The number of aliphatic carboxylic acids is 1. The Kier molecular flexibility index (Phi) is 12.6. The second-order valence-corrected chi connectivity index (χ2v) is 7.72. The van der Waals surface area contributed by atoms with E-state index < -0.39 is 60.9 Å². The van der Waals surface area contributed by atoms with E-state index in [4.69, 9.17) is 20.9 Å². The van der Waals surface area contributed by atoms with Crippen LogP contribution in [0.2, 0.25) is 0 Å². The Morgan fingerprint density at radius 3 is 2.42 bits per heavy atom. The van der Waals surface area contributed by atoms with Crippen molar-refractivity contribution >= 4 is 11.9 Å². The first-order chi connectivity index (χ1) is 14.7. The van der Waals surface area contributed by atoms with Crippen molar-refractivity contribution in [3.8, 4) is 0 Å². The number of aliphatic hydroxyl groups excluding tert-OH is 2. The fourth-order valence-corrected chi connectivity index (χ4v) is 3.53. The summed E-state index contributed by atoms with van der Waals surface area (Å²) >= 11 is 0. The lowest BCUT2D eigenvalue weighted by atomic mass is 9.91. The average molecular weight is 447 g/mol. The summed E-state index contributed by atoms with van der Waals surface area (Å²) in [6.45, 7) is 3.08. The van der Waals surface area contributed by atoms with Crippen LogP contribution in [-0.4, -0.2) is 77.1 Å². The number of hydrogen-bond acceptors (Lipinski definition) is 9. The van der Waals surface area contributed by atoms with E-state index in [-0.39, 0.29) is 6.61 Å². The zero-order chi connectivity index (χ0) is 23.4. The third kappa shape index (κ3) is 9.50. The maximum Gasteiger partial charge on any atom is 0.370 e. The van der Waals surface area contributed by atoms with E-state index in [9.17, 15) is 24.9 Å². The molecular formula is C20H38N4O7. The number of aliphatic hydroxyl groups is 2. The fourth-order valence-electron chi connectivity index (χ4n) is 3.53. The lowest BCUT2D eigenvalue weighted by Gasteiger charge is -2.42. The number of nitrogens with two attached hydrogens (primary N) is 2. The molecule has 0 fully saturated rings. The van der Waals surface area contributed by atoms with Gasteiger partial charge < -0.3 is 41.6 Å². The van der Waals surface area contributed by atoms with Crippen LogP contribution in [0.4, 0.5) is 0 Å². The Morgan fingerprint density at radius 1 is 1.23 bits per heavy atom. The van der Waals surface area contributed by atoms with E-state index in [0.29, 0.717) is 0 Å². The van der Waals surface area contributed by atoms with E-state index in [1.165, 1.54) is 19.4 Å². The monoisotopic (exact) mass is 446 g/mol. The van der Waals surface area contributed by atoms with Crippen LogP contribution in [-0.2, 0) is 19.1 Å². The zero-order valence-electron chi connectivity index (χ0n) is 18.3. The lowest BCUT2D eigenvalue weighted by Crippen LogP contribution is -2.66. The van der Waals surface area contributed by atoms with Gasteiger partial charge in [0, 0.05) is 13.5 Å². The summed E-state index contributed by atoms with van der Waals surface area (Å²) in [6.07, 6.45) is 2.86. The van der Waals surface area contributed by atoms with Crippen LogP contribution < -0.4 is 22.1 Å². The number of carboxylic acid groups (broad SMARTS) is 1. The molecule has 11 nitrogen and oxygen atoms in total. The third-order valence-corrected chi connectivity index (χ3v) is 5.00. The van der Waals surface area contributed by atoms with Crippen molar-refractivity contribution in [2.75, 3.05) is 13.2 Å². The quantitative estimate of drug-likeness (QED) is 0.123. The summed E-state index contributed by atoms with van der Waals surface area (Å²) in [4.78, 5) is 23.4. The van der Waals surface area contributed by atoms with Gasteiger partial charge in [-0.15, -0.1) is 0 Å². The van der Waals surface area contributed by atoms with Gasteiger partial charge >= 0.3 is 5.97 Å². The predicted molar refractivity (Wildman–Crippen MR) is 113 cm³/mol. The van der Waals surface area contributed by atoms with Gasteiger partial charge in [0.05, 0.1) is 18.7 Å². The molecule has 9 N–H and O–H groups in total. The van der Waals surface area contributed by atoms with Gasteiger partial charge in [0.2, 0.25) is 11.7 Å². The Hall–Kier alpha value is -1.76. The molecule has 31 heavy (non-hydrogen) atoms. The van der Waals surface area contributed by atoms with E-state index in [2.05, 4.69) is 17.6 Å². The number of carboxylic acids is 1. The molecule has 0 aromatic carbocycles. The number of carbonyl (C=O) groups excluding carboxylic acids is 1. The molecule has 5 unspecified atom stereocenters. The molecule has 1 rings (SSSR count). The molecule has 0 saturated carbocycles. The van der Waals surface area contributed by atoms with Gasteiger partial charge in [-0.1, -0.05) is 39.0 Å². The van der Waals surface area contributed by atoms with Crippen LogP contribution >= 0.6 is 0 Å². The molecule has 5 atom stereocenters. The van der Waals surface area contributed by atoms with Gasteiger partial charge in [0.15, 0.2) is 0 Å². The number of unbranched alkanes of at least 4 members (excludes halogenated alkanes) is 5. The molecule has 0 bridgehead atoms. The van der Waals surface area contributed by atoms with Crippen molar-refractivity contribution in [2.24, 2.45) is 11.5 Å². The minimum Gasteiger partial charge on any atom is -0.478 e. The maximum absolute atomic E-state index is 11.8. The molecule has 1 heterocycles. The SMILES string of the molecule is CCCCCCCCOC(C(O)CO)C1OC(C(=O)O)=CC(NC(N)N)C1NC(C)=O. The Bertz CT molecular complexity index is 588. The van der Waals surface area contributed by atoms with Crippen molar-refractivity contribution in [1.82, 2.24) is 10.6 Å². The highest BCUT2D eigenvalue weighted by molar-refractivity contribution is 5.84. The normalized spacial score (nSPS) is 23.1. The first-order valence-electron chi connectivity index (χ1n) is 10.8. The number of nitrogens with one attached hydrogen (secondary N) is 2. The summed E-state index contributed by atoms with van der Waals surface area (Å²) in [5.41, 5.74) is 11.2. The van der Waals surface area contributed by atoms with Crippen LogP contribution in [0, 0.1) is 0 Å². The molecule has 0 saturated heterocycles. The van der Waals surface area contributed by atoms with Gasteiger partial charge in [-0.2, -0.15) is 0 Å². The van der Waals surface area contributed by atoms with Crippen LogP contribution in [0.1, 0.15) is 52.4 Å². The third-order valence-electron chi connectivity index (χ3n) is 5.00. The number of ether oxygens (including phenoxy) is 2. The summed E-state index contributed by atoms with van der Waals surface area (Å²) in [5.74, 6) is -2.14. The molecule has 1 amide bonds. The van der Waals surface area contributed by atoms with Crippen molar-refractivity contribution in [2.45, 2.75) is 89.1 Å². The second kappa shape index (κ2) is 14.3. The Morgan fingerprint density at radius 2 is 1.87 bits per heavy atom. The van der Waals surface area contributed by atoms with Crippen molar-refractivity contribution in [1.29, 1.82) is 0 Å². The zero-order valence-corrected chi connectivity index (χ0v) is 18.3. The van der Waals surface area contributed by atoms with E-state index in [0.717, 1.165) is 32.1 Å². The van der Waals surface area contributed by atoms with Crippen molar-refractivity contribution in [3.05, 3.63) is 11.8 Å². The highest BCUT2D eigenvalue weighted by Gasteiger charge is 2.44. The summed E-state index contributed by atoms with van der Waals surface area (Å²) in [5, 5.41) is 34.8. The van der Waals surface area contributed by atoms with Gasteiger partial charge in [-0.05, 0) is 12.5 Å². The summed E-state index contributed by atoms with van der Waals surface area (Å²) in [6, 6.07) is -1.66. The molecule has 180 valence electrons. The average Bonchev–Trinajstić information content (AvgIpc) is 2.70. The molecule has 0 radical (unpaired) electrons. The second-order valence-electron chi connectivity index (χ2n) is 7.72. The number of carbonyl (C=O) groups is 2. The van der Waals surface area contributed by atoms with E-state index in [1.54, 1.807) is 0 Å². The standard InChI is InChI=1S/C20H38N4O7/c1-3-4-5-6-7-8-9-30-17(14(27)11-25)18-16(23-12(2)26)13(24-20(21)22)10-15(31-18)19(28)29/h10,13-14,16-18,20,24-25,27H,3-9,11,21-22H2,1-2H3,(H,23,26)(H,28,29). The molecule has 0 aromatic rings. The van der Waals surface area contributed by atoms with Gasteiger partial charge in [-0.25, -0.2) is 4.79 Å². The van der Waals surface area contributed by atoms with E-state index >= 15 is 0 Å². The molecule has 1 aliphatic rings. The Balaban J connectivity index is 3.02. The molecular weight excluding hydrogens is 408 g/mol. The van der Waals surface area contributed by atoms with Crippen LogP contribution in [0.5, 0.6) is 0 Å². The molecule has 0 aliphatic carbocycles. The predicted octanol–water partition coefficient (Wildman–Crippen LogP) is -0.883. The molecule has 11 heteroatoms. The van der Waals surface area contributed by atoms with Crippen LogP contribution in [0.15, 0.2) is 11.8 Å². The van der Waals surface area contributed by atoms with E-state index in [1.807, 2.05) is 0 Å². The van der Waals surface area contributed by atoms with Crippen LogP contribution in [0.3, 0.4) is 0 Å². The Labute approximate surface area is 183 Å². The minimum atomic E-state index is -1.36. The highest BCUT2D eigenvalue weighted by Crippen LogP contribution is 2.25. The lowest BCUT2D eigenvalue weighted by molar-refractivity contribution is -0.154. The number of amides is 1. The van der Waals surface area contributed by atoms with Crippen molar-refractivity contribution < 1.29 is 34.4 Å². The molecule has 0 spiro atoms. The van der Waals surface area contributed by atoms with Gasteiger partial charge in [-0.3, -0.25) is 10.1 Å². The number of hydrogen-bond donors (Lipinski definition) is 7. The first kappa shape index (κ1) is 27.3. The van der Waals surface area contributed by atoms with Crippen LogP contribution in [0.25, 0.3) is 0 Å². The fraction of sp³-hybridized carbons (Fsp3) is 0.800.